The Morgan fingerprint density at radius 3 is 2.50 bits per heavy atom. The lowest BCUT2D eigenvalue weighted by Gasteiger charge is -2.19. The van der Waals surface area contributed by atoms with Gasteiger partial charge < -0.3 is 5.32 Å². The Hall–Kier alpha value is -1.26. The van der Waals surface area contributed by atoms with Crippen LogP contribution in [0.5, 0.6) is 0 Å². The second kappa shape index (κ2) is 6.95. The van der Waals surface area contributed by atoms with Crippen LogP contribution >= 0.6 is 11.3 Å². The smallest absolute Gasteiger partial charge is 0.123 e. The molecule has 1 aromatic carbocycles. The predicted molar refractivity (Wildman–Crippen MR) is 82.8 cm³/mol. The number of halogens is 1. The highest BCUT2D eigenvalue weighted by molar-refractivity contribution is 7.11. The van der Waals surface area contributed by atoms with Crippen LogP contribution in [-0.4, -0.2) is 17.6 Å². The Labute approximate surface area is 124 Å². The Kier molecular flexibility index (Phi) is 5.26. The van der Waals surface area contributed by atoms with E-state index >= 15 is 0 Å². The maximum absolute atomic E-state index is 13.1. The number of benzene rings is 1. The molecule has 108 valence electrons. The van der Waals surface area contributed by atoms with Gasteiger partial charge in [-0.1, -0.05) is 26.0 Å². The monoisotopic (exact) mass is 292 g/mol. The summed E-state index contributed by atoms with van der Waals surface area (Å²) in [5.41, 5.74) is 1.17. The van der Waals surface area contributed by atoms with E-state index in [0.717, 1.165) is 18.0 Å². The minimum Gasteiger partial charge on any atom is -0.314 e. The van der Waals surface area contributed by atoms with E-state index in [9.17, 15) is 4.39 Å². The van der Waals surface area contributed by atoms with Gasteiger partial charge in [-0.15, -0.1) is 11.3 Å². The zero-order valence-electron chi connectivity index (χ0n) is 12.2. The quantitative estimate of drug-likeness (QED) is 0.873. The van der Waals surface area contributed by atoms with Crippen molar-refractivity contribution in [3.05, 3.63) is 51.7 Å². The van der Waals surface area contributed by atoms with Crippen LogP contribution in [0.2, 0.25) is 0 Å². The lowest BCUT2D eigenvalue weighted by atomic mass is 9.95. The molecule has 0 aliphatic heterocycles. The number of hydrogen-bond donors (Lipinski definition) is 1. The highest BCUT2D eigenvalue weighted by Crippen LogP contribution is 2.24. The first-order chi connectivity index (χ1) is 9.54. The second-order valence-electron chi connectivity index (χ2n) is 5.36. The van der Waals surface area contributed by atoms with Crippen molar-refractivity contribution >= 4 is 11.3 Å². The Morgan fingerprint density at radius 1 is 1.25 bits per heavy atom. The van der Waals surface area contributed by atoms with E-state index in [1.807, 2.05) is 25.3 Å². The van der Waals surface area contributed by atoms with Gasteiger partial charge in [0.1, 0.15) is 5.82 Å². The molecule has 20 heavy (non-hydrogen) atoms. The van der Waals surface area contributed by atoms with Gasteiger partial charge in [-0.2, -0.15) is 0 Å². The Morgan fingerprint density at radius 2 is 1.95 bits per heavy atom. The molecule has 0 saturated carbocycles. The molecule has 4 heteroatoms. The number of hydrogen-bond acceptors (Lipinski definition) is 3. The summed E-state index contributed by atoms with van der Waals surface area (Å²) in [6.45, 7) is 7.19. The highest BCUT2D eigenvalue weighted by atomic mass is 32.1. The standard InChI is InChI=1S/C16H21FN2S/c1-11(2)18-9-14(8-16-10-19-12(3)20-16)13-4-6-15(17)7-5-13/h4-7,10-11,14,18H,8-9H2,1-3H3. The fourth-order valence-corrected chi connectivity index (χ4v) is 3.04. The molecular weight excluding hydrogens is 271 g/mol. The molecule has 0 radical (unpaired) electrons. The van der Waals surface area contributed by atoms with Crippen molar-refractivity contribution in [2.45, 2.75) is 39.2 Å². The summed E-state index contributed by atoms with van der Waals surface area (Å²) < 4.78 is 13.1. The van der Waals surface area contributed by atoms with Gasteiger partial charge >= 0.3 is 0 Å². The summed E-state index contributed by atoms with van der Waals surface area (Å²) in [6.07, 6.45) is 2.89. The van der Waals surface area contributed by atoms with Crippen molar-refractivity contribution in [3.8, 4) is 0 Å². The molecule has 0 aliphatic rings. The molecular formula is C16H21FN2S. The number of aromatic nitrogens is 1. The first-order valence-corrected chi connectivity index (χ1v) is 7.76. The fraction of sp³-hybridized carbons (Fsp3) is 0.438. The maximum atomic E-state index is 13.1. The van der Waals surface area contributed by atoms with Crippen LogP contribution in [0.4, 0.5) is 4.39 Å². The summed E-state index contributed by atoms with van der Waals surface area (Å²) in [5, 5.41) is 4.57. The predicted octanol–water partition coefficient (Wildman–Crippen LogP) is 3.91. The van der Waals surface area contributed by atoms with E-state index in [1.165, 1.54) is 22.6 Å². The minimum atomic E-state index is -0.182. The van der Waals surface area contributed by atoms with Crippen molar-refractivity contribution in [2.75, 3.05) is 6.54 Å². The van der Waals surface area contributed by atoms with Crippen LogP contribution in [0.25, 0.3) is 0 Å². The normalized spacial score (nSPS) is 12.8. The molecule has 1 unspecified atom stereocenters. The van der Waals surface area contributed by atoms with Gasteiger partial charge in [-0.25, -0.2) is 9.37 Å². The van der Waals surface area contributed by atoms with Crippen molar-refractivity contribution in [3.63, 3.8) is 0 Å². The molecule has 2 rings (SSSR count). The molecule has 0 saturated heterocycles. The lowest BCUT2D eigenvalue weighted by Crippen LogP contribution is -2.28. The molecule has 1 aromatic heterocycles. The van der Waals surface area contributed by atoms with E-state index in [1.54, 1.807) is 11.3 Å². The lowest BCUT2D eigenvalue weighted by molar-refractivity contribution is 0.527. The topological polar surface area (TPSA) is 24.9 Å². The van der Waals surface area contributed by atoms with Crippen LogP contribution in [-0.2, 0) is 6.42 Å². The third kappa shape index (κ3) is 4.39. The largest absolute Gasteiger partial charge is 0.314 e. The molecule has 0 bridgehead atoms. The molecule has 0 spiro atoms. The summed E-state index contributed by atoms with van der Waals surface area (Å²) >= 11 is 1.74. The molecule has 2 nitrogen and oxygen atoms in total. The molecule has 1 N–H and O–H groups in total. The van der Waals surface area contributed by atoms with Gasteiger partial charge in [0.25, 0.3) is 0 Å². The number of nitrogens with one attached hydrogen (secondary N) is 1. The third-order valence-corrected chi connectivity index (χ3v) is 4.17. The van der Waals surface area contributed by atoms with Gasteiger partial charge in [-0.3, -0.25) is 0 Å². The first-order valence-electron chi connectivity index (χ1n) is 6.94. The first kappa shape index (κ1) is 15.1. The Balaban J connectivity index is 2.13. The van der Waals surface area contributed by atoms with Gasteiger partial charge in [0.2, 0.25) is 0 Å². The van der Waals surface area contributed by atoms with Gasteiger partial charge in [0.15, 0.2) is 0 Å². The molecule has 0 aliphatic carbocycles. The molecule has 0 amide bonds. The molecule has 1 atom stereocenters. The minimum absolute atomic E-state index is 0.182. The van der Waals surface area contributed by atoms with E-state index in [0.29, 0.717) is 12.0 Å². The van der Waals surface area contributed by atoms with Gasteiger partial charge in [0.05, 0.1) is 5.01 Å². The number of nitrogens with zero attached hydrogens (tertiary/aromatic N) is 1. The zero-order chi connectivity index (χ0) is 14.5. The second-order valence-corrected chi connectivity index (χ2v) is 6.68. The van der Waals surface area contributed by atoms with E-state index in [4.69, 9.17) is 0 Å². The van der Waals surface area contributed by atoms with Crippen LogP contribution < -0.4 is 5.32 Å². The summed E-state index contributed by atoms with van der Waals surface area (Å²) in [5.74, 6) is 0.163. The van der Waals surface area contributed by atoms with Crippen molar-refractivity contribution in [2.24, 2.45) is 0 Å². The zero-order valence-corrected chi connectivity index (χ0v) is 13.0. The van der Waals surface area contributed by atoms with Crippen LogP contribution in [0, 0.1) is 12.7 Å². The van der Waals surface area contributed by atoms with Crippen molar-refractivity contribution in [1.29, 1.82) is 0 Å². The number of thiazole rings is 1. The third-order valence-electron chi connectivity index (χ3n) is 3.23. The van der Waals surface area contributed by atoms with Crippen LogP contribution in [0.3, 0.4) is 0 Å². The van der Waals surface area contributed by atoms with Crippen molar-refractivity contribution in [1.82, 2.24) is 10.3 Å². The van der Waals surface area contributed by atoms with E-state index in [-0.39, 0.29) is 5.82 Å². The molecule has 1 heterocycles. The summed E-state index contributed by atoms with van der Waals surface area (Å²) in [4.78, 5) is 5.59. The summed E-state index contributed by atoms with van der Waals surface area (Å²) in [6, 6.07) is 7.29. The Bertz CT molecular complexity index is 534. The average Bonchev–Trinajstić information content (AvgIpc) is 2.81. The van der Waals surface area contributed by atoms with E-state index < -0.39 is 0 Å². The van der Waals surface area contributed by atoms with Crippen molar-refractivity contribution < 1.29 is 4.39 Å². The SMILES string of the molecule is Cc1ncc(CC(CNC(C)C)c2ccc(F)cc2)s1. The maximum Gasteiger partial charge on any atom is 0.123 e. The number of rotatable bonds is 6. The molecule has 2 aromatic rings. The molecule has 0 fully saturated rings. The van der Waals surface area contributed by atoms with Gasteiger partial charge in [-0.05, 0) is 31.0 Å². The highest BCUT2D eigenvalue weighted by Gasteiger charge is 2.14. The average molecular weight is 292 g/mol. The van der Waals surface area contributed by atoms with Crippen LogP contribution in [0.1, 0.15) is 35.2 Å². The summed E-state index contributed by atoms with van der Waals surface area (Å²) in [7, 11) is 0. The number of aryl methyl sites for hydroxylation is 1. The van der Waals surface area contributed by atoms with E-state index in [2.05, 4.69) is 24.1 Å². The van der Waals surface area contributed by atoms with Gasteiger partial charge in [0, 0.05) is 29.6 Å². The fourth-order valence-electron chi connectivity index (χ4n) is 2.16. The van der Waals surface area contributed by atoms with Crippen LogP contribution in [0.15, 0.2) is 30.5 Å².